The van der Waals surface area contributed by atoms with Crippen LogP contribution in [0, 0.1) is 11.8 Å². The number of nitrogens with one attached hydrogen (secondary N) is 1. The Balaban J connectivity index is 1.88. The number of pyridine rings is 1. The first kappa shape index (κ1) is 12.4. The van der Waals surface area contributed by atoms with Gasteiger partial charge in [-0.3, -0.25) is 4.79 Å². The monoisotopic (exact) mass is 274 g/mol. The minimum Gasteiger partial charge on any atom is -0.352 e. The molecule has 1 N–H and O–H groups in total. The van der Waals surface area contributed by atoms with E-state index >= 15 is 0 Å². The number of nitrogens with zero attached hydrogens (tertiary/aromatic N) is 1. The smallest absolute Gasteiger partial charge is 0.252 e. The van der Waals surface area contributed by atoms with E-state index in [2.05, 4.69) is 17.2 Å². The normalized spacial score (nSPS) is 21.4. The third-order valence-corrected chi connectivity index (χ3v) is 3.92. The zero-order chi connectivity index (χ0) is 13.4. The fraction of sp³-hybridized carbons (Fsp3) is 0.333. The lowest BCUT2D eigenvalue weighted by molar-refractivity contribution is 0.0953. The predicted molar refractivity (Wildman–Crippen MR) is 76.4 cm³/mol. The number of halogens is 1. The summed E-state index contributed by atoms with van der Waals surface area (Å²) in [6.07, 6.45) is 1.21. The second-order valence-electron chi connectivity index (χ2n) is 5.19. The number of para-hydroxylation sites is 1. The van der Waals surface area contributed by atoms with Crippen LogP contribution in [0.5, 0.6) is 0 Å². The molecular formula is C15H15ClN2O. The largest absolute Gasteiger partial charge is 0.352 e. The molecule has 0 radical (unpaired) electrons. The zero-order valence-corrected chi connectivity index (χ0v) is 11.4. The number of fused-ring (bicyclic) bond motifs is 1. The molecule has 0 bridgehead atoms. The lowest BCUT2D eigenvalue weighted by Gasteiger charge is -2.08. The van der Waals surface area contributed by atoms with Gasteiger partial charge >= 0.3 is 0 Å². The quantitative estimate of drug-likeness (QED) is 0.873. The maximum absolute atomic E-state index is 12.3. The van der Waals surface area contributed by atoms with Gasteiger partial charge in [-0.15, -0.1) is 0 Å². The van der Waals surface area contributed by atoms with Gasteiger partial charge in [0.1, 0.15) is 5.15 Å². The highest BCUT2D eigenvalue weighted by Gasteiger charge is 2.32. The number of carbonyl (C=O) groups is 1. The standard InChI is InChI=1S/C15H15ClN2O/c1-9-6-10(9)8-17-15(19)12-7-14(16)18-13-5-3-2-4-11(12)13/h2-5,7,9-10H,6,8H2,1H3,(H,17,19). The summed E-state index contributed by atoms with van der Waals surface area (Å²) >= 11 is 5.98. The molecule has 1 amide bonds. The van der Waals surface area contributed by atoms with E-state index in [0.717, 1.165) is 23.4 Å². The van der Waals surface area contributed by atoms with Gasteiger partial charge in [0.15, 0.2) is 0 Å². The van der Waals surface area contributed by atoms with E-state index in [-0.39, 0.29) is 5.91 Å². The third-order valence-electron chi connectivity index (χ3n) is 3.73. The summed E-state index contributed by atoms with van der Waals surface area (Å²) in [5, 5.41) is 4.18. The summed E-state index contributed by atoms with van der Waals surface area (Å²) in [6, 6.07) is 9.18. The Bertz CT molecular complexity index is 641. The van der Waals surface area contributed by atoms with Gasteiger partial charge < -0.3 is 5.32 Å². The second-order valence-corrected chi connectivity index (χ2v) is 5.58. The van der Waals surface area contributed by atoms with Gasteiger partial charge in [-0.2, -0.15) is 0 Å². The molecule has 1 aliphatic rings. The number of aromatic nitrogens is 1. The molecule has 1 aromatic carbocycles. The van der Waals surface area contributed by atoms with Crippen LogP contribution < -0.4 is 5.32 Å². The van der Waals surface area contributed by atoms with Crippen LogP contribution in [0.25, 0.3) is 10.9 Å². The molecular weight excluding hydrogens is 260 g/mol. The van der Waals surface area contributed by atoms with Gasteiger partial charge in [-0.1, -0.05) is 36.7 Å². The average Bonchev–Trinajstić information content (AvgIpc) is 3.11. The Hall–Kier alpha value is -1.61. The van der Waals surface area contributed by atoms with Gasteiger partial charge in [0.2, 0.25) is 0 Å². The Morgan fingerprint density at radius 3 is 2.95 bits per heavy atom. The van der Waals surface area contributed by atoms with Crippen molar-refractivity contribution in [2.45, 2.75) is 13.3 Å². The SMILES string of the molecule is CC1CC1CNC(=O)c1cc(Cl)nc2ccccc12. The van der Waals surface area contributed by atoms with Crippen molar-refractivity contribution in [3.05, 3.63) is 41.0 Å². The minimum absolute atomic E-state index is 0.0698. The van der Waals surface area contributed by atoms with E-state index in [1.54, 1.807) is 6.07 Å². The summed E-state index contributed by atoms with van der Waals surface area (Å²) in [5.74, 6) is 1.30. The van der Waals surface area contributed by atoms with E-state index in [4.69, 9.17) is 11.6 Å². The lowest BCUT2D eigenvalue weighted by Crippen LogP contribution is -2.26. The summed E-state index contributed by atoms with van der Waals surface area (Å²) in [4.78, 5) is 16.5. The number of benzene rings is 1. The summed E-state index contributed by atoms with van der Waals surface area (Å²) in [6.45, 7) is 2.95. The average molecular weight is 275 g/mol. The van der Waals surface area contributed by atoms with Crippen LogP contribution in [0.4, 0.5) is 0 Å². The van der Waals surface area contributed by atoms with Crippen LogP contribution in [0.15, 0.2) is 30.3 Å². The Morgan fingerprint density at radius 1 is 1.47 bits per heavy atom. The first-order valence-electron chi connectivity index (χ1n) is 6.48. The van der Waals surface area contributed by atoms with Crippen molar-refractivity contribution in [2.75, 3.05) is 6.54 Å². The van der Waals surface area contributed by atoms with Gasteiger partial charge in [-0.25, -0.2) is 4.98 Å². The summed E-state index contributed by atoms with van der Waals surface area (Å²) in [5.41, 5.74) is 1.35. The highest BCUT2D eigenvalue weighted by atomic mass is 35.5. The number of carbonyl (C=O) groups excluding carboxylic acids is 1. The minimum atomic E-state index is -0.0698. The predicted octanol–water partition coefficient (Wildman–Crippen LogP) is 3.27. The summed E-state index contributed by atoms with van der Waals surface area (Å²) < 4.78 is 0. The number of amides is 1. The second kappa shape index (κ2) is 4.82. The van der Waals surface area contributed by atoms with Crippen molar-refractivity contribution in [3.8, 4) is 0 Å². The highest BCUT2D eigenvalue weighted by Crippen LogP contribution is 2.36. The molecule has 2 unspecified atom stereocenters. The van der Waals surface area contributed by atoms with Crippen molar-refractivity contribution in [1.29, 1.82) is 0 Å². The maximum atomic E-state index is 12.3. The molecule has 2 aromatic rings. The Labute approximate surface area is 117 Å². The molecule has 1 heterocycles. The van der Waals surface area contributed by atoms with Gasteiger partial charge in [-0.05, 0) is 30.4 Å². The van der Waals surface area contributed by atoms with Gasteiger partial charge in [0.25, 0.3) is 5.91 Å². The molecule has 0 spiro atoms. The molecule has 1 aromatic heterocycles. The summed E-state index contributed by atoms with van der Waals surface area (Å²) in [7, 11) is 0. The van der Waals surface area contributed by atoms with E-state index in [1.807, 2.05) is 24.3 Å². The van der Waals surface area contributed by atoms with E-state index < -0.39 is 0 Å². The van der Waals surface area contributed by atoms with Crippen LogP contribution in [-0.4, -0.2) is 17.4 Å². The lowest BCUT2D eigenvalue weighted by atomic mass is 10.1. The van der Waals surface area contributed by atoms with Crippen molar-refractivity contribution >= 4 is 28.4 Å². The van der Waals surface area contributed by atoms with Crippen LogP contribution >= 0.6 is 11.6 Å². The van der Waals surface area contributed by atoms with Crippen molar-refractivity contribution in [3.63, 3.8) is 0 Å². The number of rotatable bonds is 3. The number of hydrogen-bond acceptors (Lipinski definition) is 2. The maximum Gasteiger partial charge on any atom is 0.252 e. The van der Waals surface area contributed by atoms with Crippen LogP contribution in [-0.2, 0) is 0 Å². The molecule has 1 fully saturated rings. The Kier molecular flexibility index (Phi) is 3.15. The molecule has 19 heavy (non-hydrogen) atoms. The van der Waals surface area contributed by atoms with E-state index in [9.17, 15) is 4.79 Å². The highest BCUT2D eigenvalue weighted by molar-refractivity contribution is 6.30. The van der Waals surface area contributed by atoms with E-state index in [1.165, 1.54) is 6.42 Å². The molecule has 3 nitrogen and oxygen atoms in total. The third kappa shape index (κ3) is 2.56. The fourth-order valence-corrected chi connectivity index (χ4v) is 2.53. The molecule has 3 rings (SSSR count). The van der Waals surface area contributed by atoms with Crippen LogP contribution in [0.2, 0.25) is 5.15 Å². The Morgan fingerprint density at radius 2 is 2.21 bits per heavy atom. The molecule has 98 valence electrons. The topological polar surface area (TPSA) is 42.0 Å². The van der Waals surface area contributed by atoms with Crippen molar-refractivity contribution < 1.29 is 4.79 Å². The molecule has 2 atom stereocenters. The van der Waals surface area contributed by atoms with Crippen molar-refractivity contribution in [2.24, 2.45) is 11.8 Å². The molecule has 1 saturated carbocycles. The van der Waals surface area contributed by atoms with Crippen LogP contribution in [0.3, 0.4) is 0 Å². The van der Waals surface area contributed by atoms with Crippen molar-refractivity contribution in [1.82, 2.24) is 10.3 Å². The molecule has 4 heteroatoms. The molecule has 1 aliphatic carbocycles. The molecule has 0 saturated heterocycles. The fourth-order valence-electron chi connectivity index (χ4n) is 2.33. The number of hydrogen-bond donors (Lipinski definition) is 1. The molecule has 0 aliphatic heterocycles. The first-order chi connectivity index (χ1) is 9.15. The van der Waals surface area contributed by atoms with Gasteiger partial charge in [0.05, 0.1) is 11.1 Å². The van der Waals surface area contributed by atoms with Crippen LogP contribution in [0.1, 0.15) is 23.7 Å². The van der Waals surface area contributed by atoms with Gasteiger partial charge in [0, 0.05) is 11.9 Å². The first-order valence-corrected chi connectivity index (χ1v) is 6.86. The zero-order valence-electron chi connectivity index (χ0n) is 10.7. The van der Waals surface area contributed by atoms with E-state index in [0.29, 0.717) is 16.6 Å².